The first-order chi connectivity index (χ1) is 7.68. The zero-order valence-electron chi connectivity index (χ0n) is 8.89. The number of pyridine rings is 1. The van der Waals surface area contributed by atoms with Crippen LogP contribution >= 0.6 is 0 Å². The Labute approximate surface area is 93.4 Å². The van der Waals surface area contributed by atoms with Crippen molar-refractivity contribution in [2.24, 2.45) is 0 Å². The summed E-state index contributed by atoms with van der Waals surface area (Å²) in [7, 11) is 0. The third kappa shape index (κ3) is 2.09. The Hall–Kier alpha value is -1.74. The third-order valence-electron chi connectivity index (χ3n) is 2.47. The van der Waals surface area contributed by atoms with Crippen molar-refractivity contribution in [1.29, 1.82) is 0 Å². The van der Waals surface area contributed by atoms with Crippen molar-refractivity contribution in [1.82, 2.24) is 4.98 Å². The minimum Gasteiger partial charge on any atom is -0.384 e. The quantitative estimate of drug-likeness (QED) is 0.784. The van der Waals surface area contributed by atoms with Gasteiger partial charge >= 0.3 is 0 Å². The minimum absolute atomic E-state index is 0.437. The number of halogens is 1. The number of aliphatic hydroxyl groups excluding tert-OH is 1. The molecule has 1 N–H and O–H groups in total. The standard InChI is InChI=1S/C13H12FNO/c1-9-7-11(8-15-13(9)14)12(16)10-5-3-2-4-6-10/h2-8,12,16H,1H3. The summed E-state index contributed by atoms with van der Waals surface area (Å²) in [5, 5.41) is 10.0. The Bertz CT molecular complexity index is 485. The van der Waals surface area contributed by atoms with Gasteiger partial charge in [0, 0.05) is 17.3 Å². The number of hydrogen-bond acceptors (Lipinski definition) is 2. The van der Waals surface area contributed by atoms with Crippen LogP contribution in [0, 0.1) is 12.9 Å². The lowest BCUT2D eigenvalue weighted by Gasteiger charge is -2.11. The summed E-state index contributed by atoms with van der Waals surface area (Å²) in [6, 6.07) is 10.8. The fourth-order valence-electron chi connectivity index (χ4n) is 1.56. The van der Waals surface area contributed by atoms with Crippen LogP contribution in [0.3, 0.4) is 0 Å². The van der Waals surface area contributed by atoms with E-state index in [2.05, 4.69) is 4.98 Å². The first-order valence-corrected chi connectivity index (χ1v) is 5.03. The van der Waals surface area contributed by atoms with Crippen LogP contribution in [0.2, 0.25) is 0 Å². The maximum absolute atomic E-state index is 13.0. The van der Waals surface area contributed by atoms with Gasteiger partial charge in [-0.15, -0.1) is 0 Å². The molecule has 0 fully saturated rings. The molecule has 2 rings (SSSR count). The number of aliphatic hydroxyl groups is 1. The second-order valence-electron chi connectivity index (χ2n) is 3.69. The van der Waals surface area contributed by atoms with Crippen LogP contribution in [0.15, 0.2) is 42.6 Å². The Balaban J connectivity index is 2.34. The number of benzene rings is 1. The molecule has 1 aromatic heterocycles. The van der Waals surface area contributed by atoms with Crippen molar-refractivity contribution in [3.8, 4) is 0 Å². The summed E-state index contributed by atoms with van der Waals surface area (Å²) >= 11 is 0. The predicted molar refractivity (Wildman–Crippen MR) is 59.4 cm³/mol. The van der Waals surface area contributed by atoms with Gasteiger partial charge in [0.15, 0.2) is 0 Å². The van der Waals surface area contributed by atoms with Gasteiger partial charge in [-0.25, -0.2) is 4.98 Å². The van der Waals surface area contributed by atoms with E-state index in [-0.39, 0.29) is 0 Å². The molecule has 0 aliphatic rings. The molecule has 1 aromatic carbocycles. The van der Waals surface area contributed by atoms with E-state index in [0.29, 0.717) is 11.1 Å². The summed E-state index contributed by atoms with van der Waals surface area (Å²) in [6.07, 6.45) is 0.605. The summed E-state index contributed by atoms with van der Waals surface area (Å²) < 4.78 is 13.0. The van der Waals surface area contributed by atoms with Gasteiger partial charge in [0.25, 0.3) is 0 Å². The number of aryl methyl sites for hydroxylation is 1. The molecule has 1 unspecified atom stereocenters. The van der Waals surface area contributed by atoms with Gasteiger partial charge < -0.3 is 5.11 Å². The fourth-order valence-corrected chi connectivity index (χ4v) is 1.56. The summed E-state index contributed by atoms with van der Waals surface area (Å²) in [5.74, 6) is -0.496. The maximum atomic E-state index is 13.0. The van der Waals surface area contributed by atoms with E-state index in [0.717, 1.165) is 5.56 Å². The number of hydrogen-bond donors (Lipinski definition) is 1. The normalized spacial score (nSPS) is 12.4. The van der Waals surface area contributed by atoms with E-state index in [1.807, 2.05) is 30.3 Å². The van der Waals surface area contributed by atoms with Crippen molar-refractivity contribution in [2.75, 3.05) is 0 Å². The predicted octanol–water partition coefficient (Wildman–Crippen LogP) is 2.61. The highest BCUT2D eigenvalue weighted by atomic mass is 19.1. The summed E-state index contributed by atoms with van der Waals surface area (Å²) in [6.45, 7) is 1.63. The Kier molecular flexibility index (Phi) is 2.97. The second kappa shape index (κ2) is 4.41. The van der Waals surface area contributed by atoms with Gasteiger partial charge in [0.05, 0.1) is 0 Å². The molecule has 0 spiro atoms. The molecule has 0 aliphatic carbocycles. The van der Waals surface area contributed by atoms with Crippen LogP contribution in [0.5, 0.6) is 0 Å². The summed E-state index contributed by atoms with van der Waals surface area (Å²) in [5.41, 5.74) is 1.81. The molecular formula is C13H12FNO. The topological polar surface area (TPSA) is 33.1 Å². The van der Waals surface area contributed by atoms with Crippen molar-refractivity contribution < 1.29 is 9.50 Å². The average Bonchev–Trinajstić information content (AvgIpc) is 2.33. The molecule has 2 aromatic rings. The Morgan fingerprint density at radius 2 is 1.88 bits per heavy atom. The lowest BCUT2D eigenvalue weighted by atomic mass is 10.0. The molecule has 16 heavy (non-hydrogen) atoms. The van der Waals surface area contributed by atoms with Gasteiger partial charge in [-0.2, -0.15) is 4.39 Å². The van der Waals surface area contributed by atoms with E-state index in [9.17, 15) is 9.50 Å². The zero-order valence-corrected chi connectivity index (χ0v) is 8.89. The molecule has 1 heterocycles. The SMILES string of the molecule is Cc1cc(C(O)c2ccccc2)cnc1F. The molecule has 0 amide bonds. The van der Waals surface area contributed by atoms with Gasteiger partial charge in [-0.3, -0.25) is 0 Å². The molecular weight excluding hydrogens is 205 g/mol. The highest BCUT2D eigenvalue weighted by Crippen LogP contribution is 2.21. The first kappa shape index (κ1) is 10.8. The van der Waals surface area contributed by atoms with Crippen molar-refractivity contribution in [2.45, 2.75) is 13.0 Å². The smallest absolute Gasteiger partial charge is 0.215 e. The molecule has 0 saturated carbocycles. The van der Waals surface area contributed by atoms with Crippen molar-refractivity contribution in [3.05, 3.63) is 65.2 Å². The lowest BCUT2D eigenvalue weighted by Crippen LogP contribution is -2.01. The molecule has 0 aliphatic heterocycles. The zero-order chi connectivity index (χ0) is 11.5. The molecule has 1 atom stereocenters. The van der Waals surface area contributed by atoms with Crippen LogP contribution in [0.1, 0.15) is 22.8 Å². The molecule has 82 valence electrons. The second-order valence-corrected chi connectivity index (χ2v) is 3.69. The van der Waals surface area contributed by atoms with Gasteiger partial charge in [0.2, 0.25) is 5.95 Å². The Morgan fingerprint density at radius 1 is 1.19 bits per heavy atom. The van der Waals surface area contributed by atoms with Gasteiger partial charge in [-0.1, -0.05) is 30.3 Å². The molecule has 0 radical (unpaired) electrons. The van der Waals surface area contributed by atoms with Gasteiger partial charge in [-0.05, 0) is 18.6 Å². The van der Waals surface area contributed by atoms with Crippen molar-refractivity contribution >= 4 is 0 Å². The van der Waals surface area contributed by atoms with E-state index in [1.165, 1.54) is 6.20 Å². The molecule has 3 heteroatoms. The summed E-state index contributed by atoms with van der Waals surface area (Å²) in [4.78, 5) is 3.60. The maximum Gasteiger partial charge on any atom is 0.215 e. The highest BCUT2D eigenvalue weighted by molar-refractivity contribution is 5.29. The van der Waals surface area contributed by atoms with Crippen LogP contribution in [-0.4, -0.2) is 10.1 Å². The van der Waals surface area contributed by atoms with Crippen LogP contribution in [-0.2, 0) is 0 Å². The molecule has 2 nitrogen and oxygen atoms in total. The van der Waals surface area contributed by atoms with Crippen molar-refractivity contribution in [3.63, 3.8) is 0 Å². The molecule has 0 saturated heterocycles. The number of aromatic nitrogens is 1. The monoisotopic (exact) mass is 217 g/mol. The first-order valence-electron chi connectivity index (χ1n) is 5.03. The average molecular weight is 217 g/mol. The van der Waals surface area contributed by atoms with E-state index in [4.69, 9.17) is 0 Å². The van der Waals surface area contributed by atoms with E-state index >= 15 is 0 Å². The lowest BCUT2D eigenvalue weighted by molar-refractivity contribution is 0.219. The van der Waals surface area contributed by atoms with Crippen LogP contribution in [0.25, 0.3) is 0 Å². The number of rotatable bonds is 2. The Morgan fingerprint density at radius 3 is 2.50 bits per heavy atom. The highest BCUT2D eigenvalue weighted by Gasteiger charge is 2.11. The third-order valence-corrected chi connectivity index (χ3v) is 2.47. The van der Waals surface area contributed by atoms with Crippen LogP contribution in [0.4, 0.5) is 4.39 Å². The molecule has 0 bridgehead atoms. The fraction of sp³-hybridized carbons (Fsp3) is 0.154. The van der Waals surface area contributed by atoms with E-state index < -0.39 is 12.1 Å². The number of nitrogens with zero attached hydrogens (tertiary/aromatic N) is 1. The largest absolute Gasteiger partial charge is 0.384 e. The van der Waals surface area contributed by atoms with Gasteiger partial charge in [0.1, 0.15) is 6.10 Å². The van der Waals surface area contributed by atoms with Crippen LogP contribution < -0.4 is 0 Å². The van der Waals surface area contributed by atoms with E-state index in [1.54, 1.807) is 13.0 Å². The minimum atomic E-state index is -0.756.